The van der Waals surface area contributed by atoms with E-state index in [1.54, 1.807) is 31.4 Å². The molecule has 2 rings (SSSR count). The lowest BCUT2D eigenvalue weighted by Crippen LogP contribution is -2.31. The molecular formula is C12H16N4O3. The molecule has 0 saturated heterocycles. The van der Waals surface area contributed by atoms with E-state index >= 15 is 0 Å². The van der Waals surface area contributed by atoms with Gasteiger partial charge in [0, 0.05) is 18.7 Å². The first-order chi connectivity index (χ1) is 9.04. The summed E-state index contributed by atoms with van der Waals surface area (Å²) in [6.45, 7) is 2.17. The Hall–Kier alpha value is -1.99. The van der Waals surface area contributed by atoms with Gasteiger partial charge in [0.15, 0.2) is 5.69 Å². The Morgan fingerprint density at radius 2 is 2.32 bits per heavy atom. The maximum Gasteiger partial charge on any atom is 0.352 e. The maximum absolute atomic E-state index is 11.2. The Balaban J connectivity index is 2.42. The highest BCUT2D eigenvalue weighted by Crippen LogP contribution is 2.22. The van der Waals surface area contributed by atoms with Gasteiger partial charge in [0.25, 0.3) is 0 Å². The SMILES string of the molecule is CC(CO)N(C)Cc1nc2ccccn2c1[N+](=O)[O-]. The Morgan fingerprint density at radius 1 is 1.58 bits per heavy atom. The van der Waals surface area contributed by atoms with Gasteiger partial charge in [-0.2, -0.15) is 4.40 Å². The number of aromatic nitrogens is 2. The fraction of sp³-hybridized carbons (Fsp3) is 0.417. The Labute approximate surface area is 110 Å². The second-order valence-electron chi connectivity index (χ2n) is 4.51. The molecule has 19 heavy (non-hydrogen) atoms. The number of likely N-dealkylation sites (N-methyl/N-ethyl adjacent to an activating group) is 1. The smallest absolute Gasteiger partial charge is 0.352 e. The third kappa shape index (κ3) is 2.56. The molecule has 0 amide bonds. The van der Waals surface area contributed by atoms with Gasteiger partial charge in [0.2, 0.25) is 5.65 Å². The molecule has 0 saturated carbocycles. The van der Waals surface area contributed by atoms with Crippen molar-refractivity contribution in [2.24, 2.45) is 0 Å². The largest absolute Gasteiger partial charge is 0.395 e. The van der Waals surface area contributed by atoms with Gasteiger partial charge in [-0.15, -0.1) is 0 Å². The summed E-state index contributed by atoms with van der Waals surface area (Å²) in [5, 5.41) is 20.3. The normalized spacial score (nSPS) is 13.1. The van der Waals surface area contributed by atoms with E-state index < -0.39 is 4.92 Å². The van der Waals surface area contributed by atoms with Crippen LogP contribution in [0.25, 0.3) is 5.65 Å². The molecule has 0 spiro atoms. The number of pyridine rings is 1. The van der Waals surface area contributed by atoms with Crippen LogP contribution in [-0.2, 0) is 6.54 Å². The molecular weight excluding hydrogens is 248 g/mol. The highest BCUT2D eigenvalue weighted by Gasteiger charge is 2.23. The third-order valence-corrected chi connectivity index (χ3v) is 3.16. The van der Waals surface area contributed by atoms with Crippen LogP contribution in [0.2, 0.25) is 0 Å². The molecule has 7 heteroatoms. The fourth-order valence-corrected chi connectivity index (χ4v) is 1.86. The van der Waals surface area contributed by atoms with Crippen molar-refractivity contribution < 1.29 is 10.0 Å². The van der Waals surface area contributed by atoms with Gasteiger partial charge in [-0.3, -0.25) is 4.90 Å². The first kappa shape index (κ1) is 13.4. The van der Waals surface area contributed by atoms with Gasteiger partial charge in [-0.05, 0) is 25.0 Å². The predicted molar refractivity (Wildman–Crippen MR) is 69.9 cm³/mol. The van der Waals surface area contributed by atoms with E-state index in [1.165, 1.54) is 4.40 Å². The zero-order valence-electron chi connectivity index (χ0n) is 10.9. The van der Waals surface area contributed by atoms with Crippen molar-refractivity contribution in [1.82, 2.24) is 14.3 Å². The molecule has 0 aromatic carbocycles. The topological polar surface area (TPSA) is 83.9 Å². The monoisotopic (exact) mass is 264 g/mol. The Bertz CT molecular complexity index is 596. The van der Waals surface area contributed by atoms with Gasteiger partial charge in [-0.1, -0.05) is 6.07 Å². The molecule has 7 nitrogen and oxygen atoms in total. The minimum Gasteiger partial charge on any atom is -0.395 e. The standard InChI is InChI=1S/C12H16N4O3/c1-9(8-17)14(2)7-10-12(16(18)19)15-6-4-3-5-11(15)13-10/h3-6,9,17H,7-8H2,1-2H3. The van der Waals surface area contributed by atoms with Crippen LogP contribution >= 0.6 is 0 Å². The molecule has 0 aliphatic heterocycles. The molecule has 1 N–H and O–H groups in total. The average molecular weight is 264 g/mol. The molecule has 0 bridgehead atoms. The van der Waals surface area contributed by atoms with Crippen molar-refractivity contribution in [3.05, 3.63) is 40.2 Å². The van der Waals surface area contributed by atoms with Crippen LogP contribution in [0, 0.1) is 10.1 Å². The lowest BCUT2D eigenvalue weighted by atomic mass is 10.3. The number of rotatable bonds is 5. The summed E-state index contributed by atoms with van der Waals surface area (Å²) in [6, 6.07) is 5.16. The average Bonchev–Trinajstić information content (AvgIpc) is 2.75. The van der Waals surface area contributed by atoms with E-state index in [1.807, 2.05) is 11.8 Å². The summed E-state index contributed by atoms with van der Waals surface area (Å²) < 4.78 is 1.47. The second kappa shape index (κ2) is 5.33. The highest BCUT2D eigenvalue weighted by molar-refractivity contribution is 5.48. The van der Waals surface area contributed by atoms with Crippen LogP contribution in [0.1, 0.15) is 12.6 Å². The van der Waals surface area contributed by atoms with Crippen molar-refractivity contribution >= 4 is 11.5 Å². The summed E-state index contributed by atoms with van der Waals surface area (Å²) in [5.74, 6) is -0.0208. The van der Waals surface area contributed by atoms with Crippen LogP contribution in [0.4, 0.5) is 5.82 Å². The number of hydrogen-bond donors (Lipinski definition) is 1. The second-order valence-corrected chi connectivity index (χ2v) is 4.51. The van der Waals surface area contributed by atoms with Crippen molar-refractivity contribution in [2.75, 3.05) is 13.7 Å². The summed E-state index contributed by atoms with van der Waals surface area (Å²) in [6.07, 6.45) is 1.62. The molecule has 102 valence electrons. The van der Waals surface area contributed by atoms with Gasteiger partial charge in [0.1, 0.15) is 0 Å². The van der Waals surface area contributed by atoms with Crippen molar-refractivity contribution in [3.8, 4) is 0 Å². The number of aliphatic hydroxyl groups excluding tert-OH is 1. The highest BCUT2D eigenvalue weighted by atomic mass is 16.6. The van der Waals surface area contributed by atoms with Gasteiger partial charge in [-0.25, -0.2) is 4.98 Å². The number of nitro groups is 1. The van der Waals surface area contributed by atoms with Gasteiger partial charge in [0.05, 0.1) is 12.8 Å². The first-order valence-electron chi connectivity index (χ1n) is 5.96. The van der Waals surface area contributed by atoms with E-state index in [-0.39, 0.29) is 18.5 Å². The molecule has 0 fully saturated rings. The molecule has 1 unspecified atom stereocenters. The van der Waals surface area contributed by atoms with E-state index in [4.69, 9.17) is 5.11 Å². The summed E-state index contributed by atoms with van der Waals surface area (Å²) in [4.78, 5) is 16.9. The molecule has 0 aliphatic rings. The summed E-state index contributed by atoms with van der Waals surface area (Å²) in [7, 11) is 1.80. The lowest BCUT2D eigenvalue weighted by molar-refractivity contribution is -0.391. The number of nitrogens with zero attached hydrogens (tertiary/aromatic N) is 4. The van der Waals surface area contributed by atoms with Gasteiger partial charge >= 0.3 is 5.82 Å². The summed E-state index contributed by atoms with van der Waals surface area (Å²) in [5.41, 5.74) is 0.952. The minimum atomic E-state index is -0.424. The molecule has 2 heterocycles. The summed E-state index contributed by atoms with van der Waals surface area (Å²) >= 11 is 0. The van der Waals surface area contributed by atoms with E-state index in [2.05, 4.69) is 4.98 Å². The molecule has 0 radical (unpaired) electrons. The van der Waals surface area contributed by atoms with Crippen molar-refractivity contribution in [1.29, 1.82) is 0 Å². The number of aliphatic hydroxyl groups is 1. The number of fused-ring (bicyclic) bond motifs is 1. The quantitative estimate of drug-likeness (QED) is 0.644. The molecule has 2 aromatic heterocycles. The minimum absolute atomic E-state index is 0.00231. The van der Waals surface area contributed by atoms with E-state index in [0.717, 1.165) is 0 Å². The number of imidazole rings is 1. The fourth-order valence-electron chi connectivity index (χ4n) is 1.86. The zero-order chi connectivity index (χ0) is 14.0. The van der Waals surface area contributed by atoms with Crippen molar-refractivity contribution in [2.45, 2.75) is 19.5 Å². The molecule has 1 atom stereocenters. The van der Waals surface area contributed by atoms with E-state index in [0.29, 0.717) is 17.9 Å². The zero-order valence-corrected chi connectivity index (χ0v) is 10.9. The third-order valence-electron chi connectivity index (χ3n) is 3.16. The van der Waals surface area contributed by atoms with Crippen LogP contribution in [0.3, 0.4) is 0 Å². The van der Waals surface area contributed by atoms with Crippen LogP contribution in [-0.4, -0.2) is 44.0 Å². The lowest BCUT2D eigenvalue weighted by Gasteiger charge is -2.21. The van der Waals surface area contributed by atoms with Crippen LogP contribution < -0.4 is 0 Å². The predicted octanol–water partition coefficient (Wildman–Crippen LogP) is 1.06. The van der Waals surface area contributed by atoms with Gasteiger partial charge < -0.3 is 15.2 Å². The molecule has 2 aromatic rings. The van der Waals surface area contributed by atoms with Crippen LogP contribution in [0.5, 0.6) is 0 Å². The Kier molecular flexibility index (Phi) is 3.77. The Morgan fingerprint density at radius 3 is 2.95 bits per heavy atom. The maximum atomic E-state index is 11.2. The van der Waals surface area contributed by atoms with Crippen LogP contribution in [0.15, 0.2) is 24.4 Å². The van der Waals surface area contributed by atoms with Crippen molar-refractivity contribution in [3.63, 3.8) is 0 Å². The number of hydrogen-bond acceptors (Lipinski definition) is 5. The molecule has 0 aliphatic carbocycles. The first-order valence-corrected chi connectivity index (χ1v) is 5.96. The van der Waals surface area contributed by atoms with E-state index in [9.17, 15) is 10.1 Å².